The van der Waals surface area contributed by atoms with E-state index in [1.807, 2.05) is 12.1 Å². The third-order valence-electron chi connectivity index (χ3n) is 3.02. The molecule has 0 spiro atoms. The number of imidazole rings is 1. The summed E-state index contributed by atoms with van der Waals surface area (Å²) in [6.07, 6.45) is 2.62. The second-order valence-corrected chi connectivity index (χ2v) is 4.32. The van der Waals surface area contributed by atoms with E-state index in [4.69, 9.17) is 9.47 Å². The molecule has 1 heterocycles. The first-order valence-electron chi connectivity index (χ1n) is 6.37. The summed E-state index contributed by atoms with van der Waals surface area (Å²) in [4.78, 5) is 3.91. The van der Waals surface area contributed by atoms with Gasteiger partial charge in [-0.2, -0.15) is 8.78 Å². The van der Waals surface area contributed by atoms with Crippen LogP contribution in [0.5, 0.6) is 11.5 Å². The van der Waals surface area contributed by atoms with Crippen LogP contribution in [0.3, 0.4) is 0 Å². The van der Waals surface area contributed by atoms with Crippen molar-refractivity contribution < 1.29 is 18.3 Å². The second kappa shape index (κ2) is 7.03. The fourth-order valence-electron chi connectivity index (χ4n) is 1.97. The molecule has 7 heteroatoms. The highest BCUT2D eigenvalue weighted by Crippen LogP contribution is 2.27. The first-order chi connectivity index (χ1) is 10.2. The van der Waals surface area contributed by atoms with E-state index in [1.54, 1.807) is 20.3 Å². The summed E-state index contributed by atoms with van der Waals surface area (Å²) >= 11 is 0. The first-order valence-corrected chi connectivity index (χ1v) is 6.37. The summed E-state index contributed by atoms with van der Waals surface area (Å²) in [5.74, 6) is 1.57. The van der Waals surface area contributed by atoms with Crippen LogP contribution in [0.25, 0.3) is 0 Å². The Morgan fingerprint density at radius 1 is 1.19 bits per heavy atom. The van der Waals surface area contributed by atoms with Crippen molar-refractivity contribution in [1.82, 2.24) is 14.9 Å². The van der Waals surface area contributed by atoms with Gasteiger partial charge < -0.3 is 14.8 Å². The molecule has 0 saturated heterocycles. The van der Waals surface area contributed by atoms with Crippen molar-refractivity contribution in [2.45, 2.75) is 19.6 Å². The van der Waals surface area contributed by atoms with E-state index >= 15 is 0 Å². The highest BCUT2D eigenvalue weighted by molar-refractivity contribution is 5.42. The largest absolute Gasteiger partial charge is 0.493 e. The lowest BCUT2D eigenvalue weighted by atomic mass is 10.2. The van der Waals surface area contributed by atoms with Gasteiger partial charge in [-0.1, -0.05) is 6.07 Å². The molecule has 21 heavy (non-hydrogen) atoms. The fraction of sp³-hybridized carbons (Fsp3) is 0.357. The second-order valence-electron chi connectivity index (χ2n) is 4.32. The maximum atomic E-state index is 12.7. The molecule has 114 valence electrons. The minimum absolute atomic E-state index is 0.256. The predicted octanol–water partition coefficient (Wildman–Crippen LogP) is 2.59. The predicted molar refractivity (Wildman–Crippen MR) is 73.6 cm³/mol. The van der Waals surface area contributed by atoms with E-state index in [9.17, 15) is 8.78 Å². The summed E-state index contributed by atoms with van der Waals surface area (Å²) in [5.41, 5.74) is 0.961. The number of halogens is 2. The van der Waals surface area contributed by atoms with Gasteiger partial charge in [0, 0.05) is 18.9 Å². The fourth-order valence-corrected chi connectivity index (χ4v) is 1.97. The molecule has 2 aromatic rings. The normalized spacial score (nSPS) is 10.9. The van der Waals surface area contributed by atoms with Gasteiger partial charge in [0.15, 0.2) is 11.5 Å². The van der Waals surface area contributed by atoms with Gasteiger partial charge in [-0.3, -0.25) is 4.57 Å². The van der Waals surface area contributed by atoms with Crippen LogP contribution in [0, 0.1) is 0 Å². The number of rotatable bonds is 7. The Morgan fingerprint density at radius 2 is 1.95 bits per heavy atom. The molecule has 0 aliphatic rings. The summed E-state index contributed by atoms with van der Waals surface area (Å²) in [7, 11) is 3.13. The molecule has 1 N–H and O–H groups in total. The quantitative estimate of drug-likeness (QED) is 0.853. The Kier molecular flexibility index (Phi) is 5.10. The molecule has 5 nitrogen and oxygen atoms in total. The molecular formula is C14H17F2N3O2. The summed E-state index contributed by atoms with van der Waals surface area (Å²) in [6, 6.07) is 5.52. The van der Waals surface area contributed by atoms with Crippen LogP contribution in [0.1, 0.15) is 17.9 Å². The topological polar surface area (TPSA) is 48.3 Å². The number of benzene rings is 1. The van der Waals surface area contributed by atoms with Crippen molar-refractivity contribution in [1.29, 1.82) is 0 Å². The number of nitrogens with one attached hydrogen (secondary N) is 1. The zero-order valence-electron chi connectivity index (χ0n) is 11.8. The van der Waals surface area contributed by atoms with Gasteiger partial charge in [-0.25, -0.2) is 4.98 Å². The lowest BCUT2D eigenvalue weighted by Crippen LogP contribution is -2.17. The summed E-state index contributed by atoms with van der Waals surface area (Å²) in [6.45, 7) is -1.81. The molecular weight excluding hydrogens is 280 g/mol. The number of aromatic nitrogens is 2. The zero-order valence-corrected chi connectivity index (χ0v) is 11.8. The Bertz CT molecular complexity index is 587. The number of alkyl halides is 2. The molecule has 0 atom stereocenters. The van der Waals surface area contributed by atoms with Gasteiger partial charge in [-0.05, 0) is 17.7 Å². The maximum Gasteiger partial charge on any atom is 0.319 e. The molecule has 0 fully saturated rings. The van der Waals surface area contributed by atoms with Gasteiger partial charge in [0.2, 0.25) is 0 Å². The van der Waals surface area contributed by atoms with Crippen molar-refractivity contribution in [3.05, 3.63) is 42.0 Å². The van der Waals surface area contributed by atoms with E-state index < -0.39 is 6.55 Å². The van der Waals surface area contributed by atoms with Gasteiger partial charge in [0.1, 0.15) is 5.82 Å². The van der Waals surface area contributed by atoms with E-state index in [1.165, 1.54) is 12.4 Å². The Balaban J connectivity index is 1.96. The van der Waals surface area contributed by atoms with Gasteiger partial charge in [0.05, 0.1) is 20.8 Å². The van der Waals surface area contributed by atoms with E-state index in [2.05, 4.69) is 10.3 Å². The van der Waals surface area contributed by atoms with Crippen molar-refractivity contribution in [2.75, 3.05) is 14.2 Å². The van der Waals surface area contributed by atoms with Crippen LogP contribution in [-0.4, -0.2) is 23.8 Å². The smallest absolute Gasteiger partial charge is 0.319 e. The summed E-state index contributed by atoms with van der Waals surface area (Å²) < 4.78 is 36.5. The molecule has 1 aromatic carbocycles. The lowest BCUT2D eigenvalue weighted by molar-refractivity contribution is 0.0666. The minimum Gasteiger partial charge on any atom is -0.493 e. The van der Waals surface area contributed by atoms with E-state index in [0.717, 1.165) is 10.1 Å². The molecule has 1 aromatic heterocycles. The van der Waals surface area contributed by atoms with Gasteiger partial charge in [0.25, 0.3) is 0 Å². The molecule has 0 saturated carbocycles. The molecule has 0 amide bonds. The Labute approximate surface area is 121 Å². The van der Waals surface area contributed by atoms with Crippen molar-refractivity contribution in [3.8, 4) is 11.5 Å². The summed E-state index contributed by atoms with van der Waals surface area (Å²) in [5, 5.41) is 3.08. The molecule has 0 aliphatic heterocycles. The third-order valence-corrected chi connectivity index (χ3v) is 3.02. The van der Waals surface area contributed by atoms with Crippen LogP contribution < -0.4 is 14.8 Å². The van der Waals surface area contributed by atoms with Gasteiger partial charge >= 0.3 is 6.55 Å². The van der Waals surface area contributed by atoms with E-state index in [-0.39, 0.29) is 6.54 Å². The minimum atomic E-state index is -2.58. The lowest BCUT2D eigenvalue weighted by Gasteiger charge is -2.11. The van der Waals surface area contributed by atoms with Crippen molar-refractivity contribution in [3.63, 3.8) is 0 Å². The number of ether oxygens (including phenoxy) is 2. The molecule has 2 rings (SSSR count). The van der Waals surface area contributed by atoms with Gasteiger partial charge in [-0.15, -0.1) is 0 Å². The standard InChI is InChI=1S/C14H17F2N3O2/c1-20-11-4-3-10(7-12(11)21-2)8-17-9-13-18-5-6-19(13)14(15)16/h3-7,14,17H,8-9H2,1-2H3. The van der Waals surface area contributed by atoms with Crippen molar-refractivity contribution in [2.24, 2.45) is 0 Å². The highest BCUT2D eigenvalue weighted by atomic mass is 19.3. The van der Waals surface area contributed by atoms with Crippen molar-refractivity contribution >= 4 is 0 Å². The monoisotopic (exact) mass is 297 g/mol. The highest BCUT2D eigenvalue weighted by Gasteiger charge is 2.11. The zero-order chi connectivity index (χ0) is 15.2. The average Bonchev–Trinajstić information content (AvgIpc) is 2.95. The van der Waals surface area contributed by atoms with Crippen LogP contribution in [0.4, 0.5) is 8.78 Å². The number of hydrogen-bond acceptors (Lipinski definition) is 4. The number of methoxy groups -OCH3 is 2. The third kappa shape index (κ3) is 3.69. The van der Waals surface area contributed by atoms with Crippen LogP contribution in [-0.2, 0) is 13.1 Å². The Morgan fingerprint density at radius 3 is 2.62 bits per heavy atom. The number of nitrogens with zero attached hydrogens (tertiary/aromatic N) is 2. The molecule has 0 radical (unpaired) electrons. The van der Waals surface area contributed by atoms with Crippen LogP contribution in [0.15, 0.2) is 30.6 Å². The SMILES string of the molecule is COc1ccc(CNCc2nccn2C(F)F)cc1OC. The average molecular weight is 297 g/mol. The van der Waals surface area contributed by atoms with Crippen LogP contribution in [0.2, 0.25) is 0 Å². The Hall–Kier alpha value is -2.15. The molecule has 0 unspecified atom stereocenters. The maximum absolute atomic E-state index is 12.7. The van der Waals surface area contributed by atoms with Crippen LogP contribution >= 0.6 is 0 Å². The van der Waals surface area contributed by atoms with E-state index in [0.29, 0.717) is 23.9 Å². The number of hydrogen-bond donors (Lipinski definition) is 1. The molecule has 0 aliphatic carbocycles. The molecule has 0 bridgehead atoms. The first kappa shape index (κ1) is 15.2.